The second kappa shape index (κ2) is 16.3. The fourth-order valence-electron chi connectivity index (χ4n) is 6.30. The first kappa shape index (κ1) is 34.5. The molecule has 1 aromatic heterocycles. The molecular weight excluding hydrogens is 613 g/mol. The molecule has 0 saturated carbocycles. The van der Waals surface area contributed by atoms with Gasteiger partial charge in [-0.05, 0) is 86.9 Å². The number of nitrogens with zero attached hydrogens (tertiary/aromatic N) is 3. The summed E-state index contributed by atoms with van der Waals surface area (Å²) >= 11 is 3.57. The number of rotatable bonds is 13. The molecule has 0 spiro atoms. The lowest BCUT2D eigenvalue weighted by Gasteiger charge is -2.32. The van der Waals surface area contributed by atoms with Crippen LogP contribution in [0.3, 0.4) is 0 Å². The van der Waals surface area contributed by atoms with Crippen molar-refractivity contribution in [1.82, 2.24) is 20.1 Å². The van der Waals surface area contributed by atoms with Gasteiger partial charge in [0.2, 0.25) is 11.8 Å². The van der Waals surface area contributed by atoms with Gasteiger partial charge in [-0.1, -0.05) is 51.1 Å². The number of thiazole rings is 1. The minimum atomic E-state index is -0.403. The standard InChI is InChI=1S/C37H50N4O3S2/c1-27-35(46-26-39-27)28-14-15-29(25-38-36(43)32-13-10-19-41(32)34(42)24-37(2,3)4)33(23-28)44-30-16-20-40(21-17-30)18-8-9-22-45-31-11-6-5-7-12-31/h5-7,11-12,14-15,23,26,30,32H,8-10,13,16-22,24-25H2,1-4H3,(H,38,43). The molecule has 248 valence electrons. The van der Waals surface area contributed by atoms with E-state index in [1.165, 1.54) is 17.7 Å². The summed E-state index contributed by atoms with van der Waals surface area (Å²) < 4.78 is 6.72. The van der Waals surface area contributed by atoms with Gasteiger partial charge in [-0.3, -0.25) is 9.59 Å². The highest BCUT2D eigenvalue weighted by Gasteiger charge is 2.35. The van der Waals surface area contributed by atoms with Gasteiger partial charge in [-0.25, -0.2) is 4.98 Å². The van der Waals surface area contributed by atoms with Crippen molar-refractivity contribution in [3.8, 4) is 16.2 Å². The summed E-state index contributed by atoms with van der Waals surface area (Å²) in [7, 11) is 0. The molecule has 0 aliphatic carbocycles. The van der Waals surface area contributed by atoms with Crippen LogP contribution in [0.2, 0.25) is 0 Å². The number of hydrogen-bond donors (Lipinski definition) is 1. The third-order valence-electron chi connectivity index (χ3n) is 8.79. The molecule has 2 aliphatic heterocycles. The average molecular weight is 663 g/mol. The van der Waals surface area contributed by atoms with E-state index in [2.05, 4.69) is 84.5 Å². The second-order valence-corrected chi connectivity index (χ2v) is 15.8. The van der Waals surface area contributed by atoms with Gasteiger partial charge in [-0.2, -0.15) is 0 Å². The summed E-state index contributed by atoms with van der Waals surface area (Å²) in [4.78, 5) is 37.6. The second-order valence-electron chi connectivity index (χ2n) is 13.8. The zero-order chi connectivity index (χ0) is 32.5. The quantitative estimate of drug-likeness (QED) is 0.150. The summed E-state index contributed by atoms with van der Waals surface area (Å²) in [5.41, 5.74) is 4.83. The first-order chi connectivity index (χ1) is 22.2. The summed E-state index contributed by atoms with van der Waals surface area (Å²) in [6.07, 6.45) is 6.55. The number of carbonyl (C=O) groups excluding carboxylic acids is 2. The fourth-order valence-corrected chi connectivity index (χ4v) is 8.03. The Morgan fingerprint density at radius 2 is 1.83 bits per heavy atom. The van der Waals surface area contributed by atoms with Crippen LogP contribution >= 0.6 is 23.1 Å². The SMILES string of the molecule is Cc1ncsc1-c1ccc(CNC(=O)C2CCCN2C(=O)CC(C)(C)C)c(OC2CCN(CCCCSc3ccccc3)CC2)c1. The van der Waals surface area contributed by atoms with Gasteiger partial charge in [0.1, 0.15) is 17.9 Å². The van der Waals surface area contributed by atoms with E-state index in [-0.39, 0.29) is 23.3 Å². The Labute approximate surface area is 283 Å². The smallest absolute Gasteiger partial charge is 0.243 e. The number of likely N-dealkylation sites (tertiary alicyclic amines) is 2. The Bertz CT molecular complexity index is 1430. The average Bonchev–Trinajstić information content (AvgIpc) is 3.70. The molecule has 2 fully saturated rings. The first-order valence-corrected chi connectivity index (χ1v) is 18.7. The zero-order valence-electron chi connectivity index (χ0n) is 27.9. The van der Waals surface area contributed by atoms with Gasteiger partial charge in [0.25, 0.3) is 0 Å². The number of carbonyl (C=O) groups is 2. The molecular formula is C37H50N4O3S2. The van der Waals surface area contributed by atoms with Crippen molar-refractivity contribution < 1.29 is 14.3 Å². The van der Waals surface area contributed by atoms with Crippen LogP contribution in [0.4, 0.5) is 0 Å². The maximum atomic E-state index is 13.4. The van der Waals surface area contributed by atoms with Gasteiger partial charge in [0.05, 0.1) is 16.1 Å². The van der Waals surface area contributed by atoms with Crippen LogP contribution in [0.1, 0.15) is 77.0 Å². The lowest BCUT2D eigenvalue weighted by molar-refractivity contribution is -0.139. The number of aryl methyl sites for hydroxylation is 1. The van der Waals surface area contributed by atoms with Crippen LogP contribution in [0.15, 0.2) is 58.9 Å². The van der Waals surface area contributed by atoms with Crippen molar-refractivity contribution >= 4 is 34.9 Å². The molecule has 7 nitrogen and oxygen atoms in total. The van der Waals surface area contributed by atoms with E-state index in [9.17, 15) is 9.59 Å². The number of hydrogen-bond acceptors (Lipinski definition) is 7. The zero-order valence-corrected chi connectivity index (χ0v) is 29.6. The third kappa shape index (κ3) is 9.81. The molecule has 2 amide bonds. The van der Waals surface area contributed by atoms with Gasteiger partial charge in [0.15, 0.2) is 0 Å². The van der Waals surface area contributed by atoms with Crippen LogP contribution in [-0.4, -0.2) is 70.7 Å². The predicted molar refractivity (Wildman–Crippen MR) is 189 cm³/mol. The highest BCUT2D eigenvalue weighted by atomic mass is 32.2. The Balaban J connectivity index is 1.16. The molecule has 1 N–H and O–H groups in total. The summed E-state index contributed by atoms with van der Waals surface area (Å²) in [5.74, 6) is 1.97. The topological polar surface area (TPSA) is 74.8 Å². The van der Waals surface area contributed by atoms with Crippen molar-refractivity contribution in [2.75, 3.05) is 31.9 Å². The van der Waals surface area contributed by atoms with E-state index in [0.717, 1.165) is 72.1 Å². The molecule has 2 aromatic carbocycles. The Morgan fingerprint density at radius 1 is 1.04 bits per heavy atom. The highest BCUT2D eigenvalue weighted by molar-refractivity contribution is 7.99. The highest BCUT2D eigenvalue weighted by Crippen LogP contribution is 2.34. The number of ether oxygens (including phenoxy) is 1. The van der Waals surface area contributed by atoms with E-state index in [1.807, 2.05) is 24.2 Å². The van der Waals surface area contributed by atoms with Crippen LogP contribution < -0.4 is 10.1 Å². The number of thioether (sulfide) groups is 1. The molecule has 3 heterocycles. The van der Waals surface area contributed by atoms with E-state index in [1.54, 1.807) is 16.2 Å². The van der Waals surface area contributed by atoms with Gasteiger partial charge in [0, 0.05) is 43.1 Å². The van der Waals surface area contributed by atoms with Crippen molar-refractivity contribution in [2.45, 2.75) is 96.2 Å². The Morgan fingerprint density at radius 3 is 2.54 bits per heavy atom. The van der Waals surface area contributed by atoms with Gasteiger partial charge >= 0.3 is 0 Å². The van der Waals surface area contributed by atoms with Gasteiger partial charge < -0.3 is 19.9 Å². The molecule has 0 radical (unpaired) electrons. The monoisotopic (exact) mass is 662 g/mol. The minimum absolute atomic E-state index is 0.0656. The molecule has 2 aliphatic rings. The number of benzene rings is 2. The van der Waals surface area contributed by atoms with E-state index < -0.39 is 6.04 Å². The number of piperidine rings is 1. The lowest BCUT2D eigenvalue weighted by atomic mass is 9.91. The van der Waals surface area contributed by atoms with E-state index >= 15 is 0 Å². The molecule has 0 bridgehead atoms. The van der Waals surface area contributed by atoms with E-state index in [4.69, 9.17) is 4.74 Å². The van der Waals surface area contributed by atoms with Crippen LogP contribution in [0.5, 0.6) is 5.75 Å². The van der Waals surface area contributed by atoms with Crippen molar-refractivity contribution in [3.05, 3.63) is 65.3 Å². The summed E-state index contributed by atoms with van der Waals surface area (Å²) in [6, 6.07) is 16.5. The summed E-state index contributed by atoms with van der Waals surface area (Å²) in [6.45, 7) is 12.4. The van der Waals surface area contributed by atoms with Crippen LogP contribution in [-0.2, 0) is 16.1 Å². The van der Waals surface area contributed by atoms with Gasteiger partial charge in [-0.15, -0.1) is 23.1 Å². The molecule has 9 heteroatoms. The maximum absolute atomic E-state index is 13.4. The lowest BCUT2D eigenvalue weighted by Crippen LogP contribution is -2.46. The number of aromatic nitrogens is 1. The largest absolute Gasteiger partial charge is 0.490 e. The predicted octanol–water partition coefficient (Wildman–Crippen LogP) is 7.58. The molecule has 5 rings (SSSR count). The van der Waals surface area contributed by atoms with Crippen LogP contribution in [0.25, 0.3) is 10.4 Å². The maximum Gasteiger partial charge on any atom is 0.243 e. The van der Waals surface area contributed by atoms with Crippen molar-refractivity contribution in [3.63, 3.8) is 0 Å². The molecule has 3 aromatic rings. The number of unbranched alkanes of at least 4 members (excludes halogenated alkanes) is 1. The first-order valence-electron chi connectivity index (χ1n) is 16.8. The van der Waals surface area contributed by atoms with Crippen molar-refractivity contribution in [2.24, 2.45) is 5.41 Å². The minimum Gasteiger partial charge on any atom is -0.490 e. The van der Waals surface area contributed by atoms with E-state index in [0.29, 0.717) is 25.9 Å². The molecule has 1 atom stereocenters. The number of nitrogens with one attached hydrogen (secondary N) is 1. The normalized spacial score (nSPS) is 17.7. The Kier molecular flexibility index (Phi) is 12.2. The fraction of sp³-hybridized carbons (Fsp3) is 0.541. The van der Waals surface area contributed by atoms with Crippen molar-refractivity contribution in [1.29, 1.82) is 0 Å². The number of amides is 2. The molecule has 1 unspecified atom stereocenters. The Hall–Kier alpha value is -2.88. The van der Waals surface area contributed by atoms with Crippen LogP contribution in [0, 0.1) is 12.3 Å². The third-order valence-corrected chi connectivity index (χ3v) is 10.9. The molecule has 46 heavy (non-hydrogen) atoms. The molecule has 2 saturated heterocycles. The summed E-state index contributed by atoms with van der Waals surface area (Å²) in [5, 5.41) is 3.15.